The SMILES string of the molecule is O=C1C(Nc2ccc(O)cc2)=CC(=O)c2ncccc21. The second kappa shape index (κ2) is 4.62. The van der Waals surface area contributed by atoms with Gasteiger partial charge in [0.1, 0.15) is 11.4 Å². The lowest BCUT2D eigenvalue weighted by atomic mass is 9.97. The van der Waals surface area contributed by atoms with Gasteiger partial charge >= 0.3 is 0 Å². The van der Waals surface area contributed by atoms with Crippen molar-refractivity contribution in [2.24, 2.45) is 0 Å². The lowest BCUT2D eigenvalue weighted by Crippen LogP contribution is -2.22. The number of anilines is 1. The number of hydrogen-bond acceptors (Lipinski definition) is 5. The molecular weight excluding hydrogens is 256 g/mol. The molecule has 1 heterocycles. The molecule has 1 aliphatic carbocycles. The van der Waals surface area contributed by atoms with Crippen molar-refractivity contribution in [1.82, 2.24) is 4.98 Å². The van der Waals surface area contributed by atoms with Crippen molar-refractivity contribution in [2.75, 3.05) is 5.32 Å². The Morgan fingerprint density at radius 3 is 2.55 bits per heavy atom. The predicted octanol–water partition coefficient (Wildman–Crippen LogP) is 2.16. The van der Waals surface area contributed by atoms with Crippen LogP contribution in [0.2, 0.25) is 0 Å². The topological polar surface area (TPSA) is 79.3 Å². The van der Waals surface area contributed by atoms with E-state index in [1.807, 2.05) is 0 Å². The molecule has 5 nitrogen and oxygen atoms in total. The highest BCUT2D eigenvalue weighted by molar-refractivity contribution is 6.24. The van der Waals surface area contributed by atoms with Crippen LogP contribution in [0.3, 0.4) is 0 Å². The highest BCUT2D eigenvalue weighted by Crippen LogP contribution is 2.22. The highest BCUT2D eigenvalue weighted by Gasteiger charge is 2.26. The van der Waals surface area contributed by atoms with Gasteiger partial charge < -0.3 is 10.4 Å². The molecule has 0 bridgehead atoms. The van der Waals surface area contributed by atoms with Gasteiger partial charge in [0.2, 0.25) is 11.6 Å². The second-order valence-electron chi connectivity index (χ2n) is 4.32. The van der Waals surface area contributed by atoms with Crippen LogP contribution in [0, 0.1) is 0 Å². The Morgan fingerprint density at radius 1 is 1.05 bits per heavy atom. The van der Waals surface area contributed by atoms with E-state index in [1.165, 1.54) is 24.4 Å². The number of carbonyl (C=O) groups is 2. The average molecular weight is 266 g/mol. The van der Waals surface area contributed by atoms with Gasteiger partial charge in [0.25, 0.3) is 0 Å². The Morgan fingerprint density at radius 2 is 1.80 bits per heavy atom. The van der Waals surface area contributed by atoms with Gasteiger partial charge in [-0.3, -0.25) is 14.6 Å². The summed E-state index contributed by atoms with van der Waals surface area (Å²) in [6.45, 7) is 0. The zero-order chi connectivity index (χ0) is 14.1. The number of aromatic hydroxyl groups is 1. The van der Waals surface area contributed by atoms with Gasteiger partial charge in [-0.05, 0) is 36.4 Å². The zero-order valence-electron chi connectivity index (χ0n) is 10.3. The van der Waals surface area contributed by atoms with Gasteiger partial charge in [0.15, 0.2) is 0 Å². The predicted molar refractivity (Wildman–Crippen MR) is 72.7 cm³/mol. The maximum atomic E-state index is 12.3. The molecule has 98 valence electrons. The molecule has 0 amide bonds. The first-order valence-corrected chi connectivity index (χ1v) is 5.97. The van der Waals surface area contributed by atoms with E-state index in [0.29, 0.717) is 11.3 Å². The van der Waals surface area contributed by atoms with E-state index in [0.717, 1.165) is 0 Å². The van der Waals surface area contributed by atoms with E-state index in [9.17, 15) is 14.7 Å². The number of hydrogen-bond donors (Lipinski definition) is 2. The van der Waals surface area contributed by atoms with Crippen molar-refractivity contribution in [2.45, 2.75) is 0 Å². The second-order valence-corrected chi connectivity index (χ2v) is 4.32. The van der Waals surface area contributed by atoms with E-state index >= 15 is 0 Å². The van der Waals surface area contributed by atoms with Crippen LogP contribution in [-0.4, -0.2) is 21.7 Å². The van der Waals surface area contributed by atoms with Gasteiger partial charge in [-0.25, -0.2) is 0 Å². The van der Waals surface area contributed by atoms with Crippen LogP contribution in [0.1, 0.15) is 20.8 Å². The lowest BCUT2D eigenvalue weighted by Gasteiger charge is -2.15. The first-order chi connectivity index (χ1) is 9.65. The average Bonchev–Trinajstić information content (AvgIpc) is 2.47. The van der Waals surface area contributed by atoms with E-state index in [4.69, 9.17) is 0 Å². The third-order valence-corrected chi connectivity index (χ3v) is 2.95. The number of allylic oxidation sites excluding steroid dienone is 2. The Hall–Kier alpha value is -2.95. The van der Waals surface area contributed by atoms with Gasteiger partial charge in [0.05, 0.1) is 11.3 Å². The molecule has 0 saturated heterocycles. The first-order valence-electron chi connectivity index (χ1n) is 5.97. The van der Waals surface area contributed by atoms with E-state index < -0.39 is 0 Å². The summed E-state index contributed by atoms with van der Waals surface area (Å²) in [4.78, 5) is 28.1. The van der Waals surface area contributed by atoms with Crippen LogP contribution in [0.15, 0.2) is 54.4 Å². The van der Waals surface area contributed by atoms with Crippen molar-refractivity contribution in [3.05, 3.63) is 65.6 Å². The third-order valence-electron chi connectivity index (χ3n) is 2.95. The Labute approximate surface area is 114 Å². The van der Waals surface area contributed by atoms with Crippen LogP contribution in [0.25, 0.3) is 0 Å². The minimum Gasteiger partial charge on any atom is -0.508 e. The maximum Gasteiger partial charge on any atom is 0.211 e. The molecule has 0 spiro atoms. The molecule has 0 saturated carbocycles. The van der Waals surface area contributed by atoms with Gasteiger partial charge in [0, 0.05) is 18.0 Å². The minimum atomic E-state index is -0.304. The van der Waals surface area contributed by atoms with Crippen LogP contribution < -0.4 is 5.32 Å². The minimum absolute atomic E-state index is 0.130. The van der Waals surface area contributed by atoms with E-state index in [2.05, 4.69) is 10.3 Å². The molecule has 0 radical (unpaired) electrons. The molecule has 2 N–H and O–H groups in total. The number of benzene rings is 1. The van der Waals surface area contributed by atoms with Crippen molar-refractivity contribution < 1.29 is 14.7 Å². The normalized spacial score (nSPS) is 13.7. The number of phenols is 1. The number of carbonyl (C=O) groups excluding carboxylic acids is 2. The Kier molecular flexibility index (Phi) is 2.80. The number of Topliss-reactive ketones (excluding diaryl/α,β-unsaturated/α-hetero) is 1. The van der Waals surface area contributed by atoms with Gasteiger partial charge in [-0.2, -0.15) is 0 Å². The van der Waals surface area contributed by atoms with Crippen molar-refractivity contribution in [3.8, 4) is 5.75 Å². The summed E-state index contributed by atoms with van der Waals surface area (Å²) < 4.78 is 0. The van der Waals surface area contributed by atoms with E-state index in [-0.39, 0.29) is 28.7 Å². The quantitative estimate of drug-likeness (QED) is 0.814. The maximum absolute atomic E-state index is 12.3. The monoisotopic (exact) mass is 266 g/mol. The van der Waals surface area contributed by atoms with Crippen molar-refractivity contribution >= 4 is 17.3 Å². The largest absolute Gasteiger partial charge is 0.508 e. The van der Waals surface area contributed by atoms with Crippen molar-refractivity contribution in [3.63, 3.8) is 0 Å². The Balaban J connectivity index is 1.94. The lowest BCUT2D eigenvalue weighted by molar-refractivity contribution is 0.0982. The smallest absolute Gasteiger partial charge is 0.211 e. The number of fused-ring (bicyclic) bond motifs is 1. The molecule has 3 rings (SSSR count). The van der Waals surface area contributed by atoms with Crippen molar-refractivity contribution in [1.29, 1.82) is 0 Å². The fourth-order valence-electron chi connectivity index (χ4n) is 1.99. The summed E-state index contributed by atoms with van der Waals surface area (Å²) in [6, 6.07) is 9.42. The van der Waals surface area contributed by atoms with Crippen LogP contribution in [0.5, 0.6) is 5.75 Å². The van der Waals surface area contributed by atoms with Crippen LogP contribution in [0.4, 0.5) is 5.69 Å². The number of rotatable bonds is 2. The number of nitrogens with one attached hydrogen (secondary N) is 1. The zero-order valence-corrected chi connectivity index (χ0v) is 10.3. The summed E-state index contributed by atoms with van der Waals surface area (Å²) in [5, 5.41) is 12.1. The number of nitrogens with zero attached hydrogens (tertiary/aromatic N) is 1. The molecule has 0 fully saturated rings. The molecule has 2 aromatic rings. The molecule has 1 aromatic carbocycles. The molecule has 0 unspecified atom stereocenters. The third kappa shape index (κ3) is 2.05. The summed E-state index contributed by atoms with van der Waals surface area (Å²) in [5.74, 6) is -0.452. The van der Waals surface area contributed by atoms with Crippen LogP contribution >= 0.6 is 0 Å². The molecule has 1 aromatic heterocycles. The summed E-state index contributed by atoms with van der Waals surface area (Å²) in [5.41, 5.74) is 1.28. The molecule has 0 atom stereocenters. The summed E-state index contributed by atoms with van der Waals surface area (Å²) in [6.07, 6.45) is 2.72. The first kappa shape index (κ1) is 12.1. The van der Waals surface area contributed by atoms with Gasteiger partial charge in [-0.1, -0.05) is 0 Å². The number of aromatic nitrogens is 1. The fraction of sp³-hybridized carbons (Fsp3) is 0. The van der Waals surface area contributed by atoms with E-state index in [1.54, 1.807) is 24.3 Å². The number of phenolic OH excluding ortho intramolecular Hbond substituents is 1. The standard InChI is InChI=1S/C15H10N2O3/c18-10-5-3-9(4-6-10)17-12-8-13(19)14-11(15(12)20)2-1-7-16-14/h1-8,17-18H. The van der Waals surface area contributed by atoms with Crippen LogP contribution in [-0.2, 0) is 0 Å². The highest BCUT2D eigenvalue weighted by atomic mass is 16.3. The van der Waals surface area contributed by atoms with Gasteiger partial charge in [-0.15, -0.1) is 0 Å². The molecular formula is C15H10N2O3. The molecule has 20 heavy (non-hydrogen) atoms. The Bertz CT molecular complexity index is 733. The number of ketones is 2. The fourth-order valence-corrected chi connectivity index (χ4v) is 1.99. The molecule has 1 aliphatic rings. The molecule has 0 aliphatic heterocycles. The summed E-state index contributed by atoms with van der Waals surface area (Å²) >= 11 is 0. The summed E-state index contributed by atoms with van der Waals surface area (Å²) in [7, 11) is 0. The number of pyridine rings is 1. The molecule has 5 heteroatoms.